The van der Waals surface area contributed by atoms with E-state index < -0.39 is 0 Å². The Hall–Kier alpha value is -1.39. The third kappa shape index (κ3) is 4.29. The van der Waals surface area contributed by atoms with E-state index in [1.54, 1.807) is 7.11 Å². The molecule has 0 saturated carbocycles. The lowest BCUT2D eigenvalue weighted by Crippen LogP contribution is -2.23. The van der Waals surface area contributed by atoms with E-state index in [0.29, 0.717) is 0 Å². The molecule has 0 aliphatic rings. The Labute approximate surface area is 134 Å². The van der Waals surface area contributed by atoms with E-state index in [9.17, 15) is 0 Å². The van der Waals surface area contributed by atoms with E-state index in [1.165, 1.54) is 11.1 Å². The average Bonchev–Trinajstić information content (AvgIpc) is 2.47. The molecule has 0 spiro atoms. The summed E-state index contributed by atoms with van der Waals surface area (Å²) in [7, 11) is 1.71. The Kier molecular flexibility index (Phi) is 5.76. The number of pyridine rings is 1. The molecule has 1 aromatic heterocycles. The van der Waals surface area contributed by atoms with Gasteiger partial charge in [0.1, 0.15) is 5.75 Å². The minimum atomic E-state index is 0.250. The molecule has 2 aromatic rings. The summed E-state index contributed by atoms with van der Waals surface area (Å²) in [5.74, 6) is 0.923. The van der Waals surface area contributed by atoms with Crippen molar-refractivity contribution in [2.45, 2.75) is 26.3 Å². The number of hydrogen-bond donors (Lipinski definition) is 1. The molecular formula is C17H21BrN2O. The van der Waals surface area contributed by atoms with Gasteiger partial charge >= 0.3 is 0 Å². The summed E-state index contributed by atoms with van der Waals surface area (Å²) >= 11 is 3.54. The topological polar surface area (TPSA) is 34.1 Å². The zero-order valence-electron chi connectivity index (χ0n) is 12.7. The number of aromatic nitrogens is 1. The van der Waals surface area contributed by atoms with E-state index >= 15 is 0 Å². The van der Waals surface area contributed by atoms with Crippen molar-refractivity contribution in [1.29, 1.82) is 0 Å². The van der Waals surface area contributed by atoms with Crippen LogP contribution in [0.4, 0.5) is 0 Å². The first-order valence-electron chi connectivity index (χ1n) is 7.12. The molecule has 0 amide bonds. The molecule has 112 valence electrons. The number of hydrogen-bond acceptors (Lipinski definition) is 3. The molecule has 2 rings (SSSR count). The van der Waals surface area contributed by atoms with Crippen LogP contribution in [0.1, 0.15) is 29.8 Å². The smallest absolute Gasteiger partial charge is 0.122 e. The first-order chi connectivity index (χ1) is 10.1. The van der Waals surface area contributed by atoms with Gasteiger partial charge in [0.15, 0.2) is 0 Å². The van der Waals surface area contributed by atoms with E-state index in [4.69, 9.17) is 4.74 Å². The molecule has 0 fully saturated rings. The second kappa shape index (κ2) is 7.57. The lowest BCUT2D eigenvalue weighted by atomic mass is 9.98. The number of methoxy groups -OCH3 is 1. The fourth-order valence-corrected chi connectivity index (χ4v) is 2.87. The summed E-state index contributed by atoms with van der Waals surface area (Å²) in [5.41, 5.74) is 3.48. The van der Waals surface area contributed by atoms with Crippen LogP contribution in [0.25, 0.3) is 0 Å². The first kappa shape index (κ1) is 16.0. The minimum absolute atomic E-state index is 0.250. The lowest BCUT2D eigenvalue weighted by molar-refractivity contribution is 0.405. The van der Waals surface area contributed by atoms with E-state index in [1.807, 2.05) is 25.3 Å². The van der Waals surface area contributed by atoms with Crippen molar-refractivity contribution in [1.82, 2.24) is 10.3 Å². The van der Waals surface area contributed by atoms with Crippen LogP contribution in [0.3, 0.4) is 0 Å². The molecule has 0 saturated heterocycles. The summed E-state index contributed by atoms with van der Waals surface area (Å²) in [5, 5.41) is 3.55. The highest BCUT2D eigenvalue weighted by molar-refractivity contribution is 9.10. The van der Waals surface area contributed by atoms with Crippen molar-refractivity contribution in [3.63, 3.8) is 0 Å². The zero-order valence-corrected chi connectivity index (χ0v) is 14.3. The number of likely N-dealkylation sites (N-methyl/N-ethyl adjacent to an activating group) is 1. The second-order valence-corrected chi connectivity index (χ2v) is 5.92. The van der Waals surface area contributed by atoms with E-state index in [-0.39, 0.29) is 6.04 Å². The van der Waals surface area contributed by atoms with Crippen molar-refractivity contribution in [2.75, 3.05) is 13.7 Å². The third-order valence-electron chi connectivity index (χ3n) is 3.44. The molecule has 1 N–H and O–H groups in total. The number of rotatable bonds is 6. The molecule has 1 unspecified atom stereocenters. The molecule has 0 aliphatic carbocycles. The van der Waals surface area contributed by atoms with Gasteiger partial charge in [-0.25, -0.2) is 0 Å². The maximum absolute atomic E-state index is 5.48. The molecule has 1 atom stereocenters. The summed E-state index contributed by atoms with van der Waals surface area (Å²) in [6.07, 6.45) is 2.74. The van der Waals surface area contributed by atoms with Gasteiger partial charge in [0.2, 0.25) is 0 Å². The highest BCUT2D eigenvalue weighted by Gasteiger charge is 2.14. The largest absolute Gasteiger partial charge is 0.496 e. The number of nitrogens with zero attached hydrogens (tertiary/aromatic N) is 1. The Bertz CT molecular complexity index is 601. The van der Waals surface area contributed by atoms with Crippen molar-refractivity contribution < 1.29 is 4.74 Å². The predicted molar refractivity (Wildman–Crippen MR) is 89.8 cm³/mol. The van der Waals surface area contributed by atoms with Crippen molar-refractivity contribution in [3.8, 4) is 5.75 Å². The van der Waals surface area contributed by atoms with Gasteiger partial charge in [0.05, 0.1) is 7.11 Å². The van der Waals surface area contributed by atoms with Crippen LogP contribution in [-0.4, -0.2) is 18.6 Å². The summed E-state index contributed by atoms with van der Waals surface area (Å²) < 4.78 is 6.55. The van der Waals surface area contributed by atoms with Crippen LogP contribution in [-0.2, 0) is 6.42 Å². The zero-order chi connectivity index (χ0) is 15.2. The number of benzene rings is 1. The van der Waals surface area contributed by atoms with Crippen LogP contribution in [0.2, 0.25) is 0 Å². The van der Waals surface area contributed by atoms with Gasteiger partial charge in [-0.15, -0.1) is 0 Å². The lowest BCUT2D eigenvalue weighted by Gasteiger charge is -2.20. The second-order valence-electron chi connectivity index (χ2n) is 5.00. The molecule has 1 heterocycles. The maximum atomic E-state index is 5.48. The standard InChI is InChI=1S/C17H21BrN2O/c1-4-19-16(13-7-8-20-12(2)9-13)11-14-10-15(18)5-6-17(14)21-3/h5-10,16,19H,4,11H2,1-3H3. The summed E-state index contributed by atoms with van der Waals surface area (Å²) in [6.45, 7) is 5.06. The van der Waals surface area contributed by atoms with Crippen molar-refractivity contribution in [3.05, 3.63) is 57.8 Å². The molecule has 0 aliphatic heterocycles. The molecule has 0 radical (unpaired) electrons. The van der Waals surface area contributed by atoms with Gasteiger partial charge in [0, 0.05) is 22.4 Å². The van der Waals surface area contributed by atoms with Crippen LogP contribution >= 0.6 is 15.9 Å². The van der Waals surface area contributed by atoms with Crippen molar-refractivity contribution in [2.24, 2.45) is 0 Å². The van der Waals surface area contributed by atoms with Gasteiger partial charge in [-0.05, 0) is 61.3 Å². The Morgan fingerprint density at radius 3 is 2.76 bits per heavy atom. The SMILES string of the molecule is CCNC(Cc1cc(Br)ccc1OC)c1ccnc(C)c1. The predicted octanol–water partition coefficient (Wildman–Crippen LogP) is 4.05. The average molecular weight is 349 g/mol. The summed E-state index contributed by atoms with van der Waals surface area (Å²) in [6, 6.07) is 10.6. The maximum Gasteiger partial charge on any atom is 0.122 e. The Morgan fingerprint density at radius 2 is 2.10 bits per heavy atom. The third-order valence-corrected chi connectivity index (χ3v) is 3.93. The van der Waals surface area contributed by atoms with Crippen LogP contribution in [0.15, 0.2) is 41.0 Å². The van der Waals surface area contributed by atoms with E-state index in [2.05, 4.69) is 51.4 Å². The number of nitrogens with one attached hydrogen (secondary N) is 1. The van der Waals surface area contributed by atoms with Crippen LogP contribution in [0.5, 0.6) is 5.75 Å². The summed E-state index contributed by atoms with van der Waals surface area (Å²) in [4.78, 5) is 4.28. The fraction of sp³-hybridized carbons (Fsp3) is 0.353. The van der Waals surface area contributed by atoms with Crippen molar-refractivity contribution >= 4 is 15.9 Å². The highest BCUT2D eigenvalue weighted by Crippen LogP contribution is 2.28. The highest BCUT2D eigenvalue weighted by atomic mass is 79.9. The Balaban J connectivity index is 2.30. The quantitative estimate of drug-likeness (QED) is 0.854. The first-order valence-corrected chi connectivity index (χ1v) is 7.91. The van der Waals surface area contributed by atoms with Gasteiger partial charge in [-0.1, -0.05) is 22.9 Å². The van der Waals surface area contributed by atoms with Crippen LogP contribution < -0.4 is 10.1 Å². The molecular weight excluding hydrogens is 328 g/mol. The van der Waals surface area contributed by atoms with Gasteiger partial charge in [-0.3, -0.25) is 4.98 Å². The normalized spacial score (nSPS) is 12.2. The molecule has 3 nitrogen and oxygen atoms in total. The molecule has 0 bridgehead atoms. The fourth-order valence-electron chi connectivity index (χ4n) is 2.47. The number of halogens is 1. The molecule has 21 heavy (non-hydrogen) atoms. The molecule has 1 aromatic carbocycles. The number of aryl methyl sites for hydroxylation is 1. The monoisotopic (exact) mass is 348 g/mol. The van der Waals surface area contributed by atoms with E-state index in [0.717, 1.165) is 28.9 Å². The van der Waals surface area contributed by atoms with Gasteiger partial charge in [-0.2, -0.15) is 0 Å². The van der Waals surface area contributed by atoms with Gasteiger partial charge < -0.3 is 10.1 Å². The number of ether oxygens (including phenoxy) is 1. The Morgan fingerprint density at radius 1 is 1.29 bits per heavy atom. The minimum Gasteiger partial charge on any atom is -0.496 e. The van der Waals surface area contributed by atoms with Gasteiger partial charge in [0.25, 0.3) is 0 Å². The van der Waals surface area contributed by atoms with Crippen LogP contribution in [0, 0.1) is 6.92 Å². The molecule has 4 heteroatoms.